The van der Waals surface area contributed by atoms with Crippen molar-refractivity contribution in [3.63, 3.8) is 0 Å². The van der Waals surface area contributed by atoms with Crippen molar-refractivity contribution in [2.24, 2.45) is 5.92 Å². The van der Waals surface area contributed by atoms with Gasteiger partial charge in [-0.1, -0.05) is 18.5 Å². The normalized spacial score (nSPS) is 28.3. The van der Waals surface area contributed by atoms with Gasteiger partial charge >= 0.3 is 0 Å². The van der Waals surface area contributed by atoms with E-state index in [4.69, 9.17) is 11.6 Å². The van der Waals surface area contributed by atoms with Gasteiger partial charge in [-0.2, -0.15) is 0 Å². The second-order valence-corrected chi connectivity index (χ2v) is 4.87. The molecule has 0 bridgehead atoms. The Hall–Kier alpha value is -0.960. The molecule has 1 N–H and O–H groups in total. The molecule has 4 heteroatoms. The zero-order valence-electron chi connectivity index (χ0n) is 8.70. The smallest absolute Gasteiger partial charge is 0.152 e. The summed E-state index contributed by atoms with van der Waals surface area (Å²) in [6, 6.07) is 2.56. The lowest BCUT2D eigenvalue weighted by Gasteiger charge is -2.34. The van der Waals surface area contributed by atoms with E-state index in [1.54, 1.807) is 6.20 Å². The van der Waals surface area contributed by atoms with Crippen molar-refractivity contribution >= 4 is 23.1 Å². The number of nitrogens with zero attached hydrogens (tertiary/aromatic N) is 2. The predicted molar refractivity (Wildman–Crippen MR) is 62.7 cm³/mol. The van der Waals surface area contributed by atoms with Crippen LogP contribution in [0.4, 0.5) is 11.5 Å². The summed E-state index contributed by atoms with van der Waals surface area (Å²) in [7, 11) is 0. The van der Waals surface area contributed by atoms with Crippen LogP contribution in [0.1, 0.15) is 13.3 Å². The molecule has 0 aromatic carbocycles. The van der Waals surface area contributed by atoms with Gasteiger partial charge in [0.1, 0.15) is 0 Å². The third kappa shape index (κ3) is 1.37. The van der Waals surface area contributed by atoms with Crippen LogP contribution in [0.3, 0.4) is 0 Å². The lowest BCUT2D eigenvalue weighted by Crippen LogP contribution is -2.42. The molecule has 1 saturated heterocycles. The van der Waals surface area contributed by atoms with E-state index in [-0.39, 0.29) is 0 Å². The average molecular weight is 224 g/mol. The SMILES string of the molecule is CC1CCN2c3ncc(Cl)cc3NCC12. The summed E-state index contributed by atoms with van der Waals surface area (Å²) < 4.78 is 0. The first-order valence-corrected chi connectivity index (χ1v) is 5.79. The highest BCUT2D eigenvalue weighted by Gasteiger charge is 2.35. The van der Waals surface area contributed by atoms with E-state index in [0.29, 0.717) is 11.1 Å². The molecule has 0 amide bonds. The first-order valence-electron chi connectivity index (χ1n) is 5.42. The van der Waals surface area contributed by atoms with Gasteiger partial charge in [0, 0.05) is 19.3 Å². The van der Waals surface area contributed by atoms with Gasteiger partial charge < -0.3 is 10.2 Å². The second-order valence-electron chi connectivity index (χ2n) is 4.43. The van der Waals surface area contributed by atoms with E-state index in [1.165, 1.54) is 6.42 Å². The van der Waals surface area contributed by atoms with Crippen molar-refractivity contribution in [2.45, 2.75) is 19.4 Å². The highest BCUT2D eigenvalue weighted by atomic mass is 35.5. The molecule has 0 saturated carbocycles. The Bertz CT molecular complexity index is 393. The van der Waals surface area contributed by atoms with Crippen LogP contribution in [0, 0.1) is 5.92 Å². The molecule has 15 heavy (non-hydrogen) atoms. The number of hydrogen-bond acceptors (Lipinski definition) is 3. The summed E-state index contributed by atoms with van der Waals surface area (Å²) in [5.74, 6) is 1.82. The van der Waals surface area contributed by atoms with Gasteiger partial charge in [-0.05, 0) is 18.4 Å². The molecule has 2 atom stereocenters. The molecule has 1 aromatic rings. The minimum atomic E-state index is 0.603. The van der Waals surface area contributed by atoms with Crippen LogP contribution >= 0.6 is 11.6 Å². The van der Waals surface area contributed by atoms with Crippen LogP contribution in [0.15, 0.2) is 12.3 Å². The van der Waals surface area contributed by atoms with Gasteiger partial charge in [0.2, 0.25) is 0 Å². The third-order valence-electron chi connectivity index (χ3n) is 3.49. The molecule has 3 rings (SSSR count). The van der Waals surface area contributed by atoms with E-state index >= 15 is 0 Å². The van der Waals surface area contributed by atoms with Crippen molar-refractivity contribution in [2.75, 3.05) is 23.3 Å². The van der Waals surface area contributed by atoms with Crippen molar-refractivity contribution < 1.29 is 0 Å². The predicted octanol–water partition coefficient (Wildman–Crippen LogP) is 2.38. The molecule has 3 heterocycles. The largest absolute Gasteiger partial charge is 0.380 e. The van der Waals surface area contributed by atoms with Gasteiger partial charge in [0.15, 0.2) is 5.82 Å². The maximum Gasteiger partial charge on any atom is 0.152 e. The molecular weight excluding hydrogens is 210 g/mol. The summed E-state index contributed by atoms with van der Waals surface area (Å²) in [6.07, 6.45) is 2.99. The van der Waals surface area contributed by atoms with Crippen LogP contribution < -0.4 is 10.2 Å². The molecular formula is C11H14ClN3. The van der Waals surface area contributed by atoms with Gasteiger partial charge in [-0.25, -0.2) is 4.98 Å². The van der Waals surface area contributed by atoms with E-state index in [2.05, 4.69) is 22.1 Å². The van der Waals surface area contributed by atoms with Crippen molar-refractivity contribution in [1.82, 2.24) is 4.98 Å². The van der Waals surface area contributed by atoms with Gasteiger partial charge in [0.25, 0.3) is 0 Å². The number of fused-ring (bicyclic) bond motifs is 3. The Kier molecular flexibility index (Phi) is 2.02. The summed E-state index contributed by atoms with van der Waals surface area (Å²) in [6.45, 7) is 4.44. The fourth-order valence-corrected chi connectivity index (χ4v) is 2.75. The number of aromatic nitrogens is 1. The minimum Gasteiger partial charge on any atom is -0.380 e. The van der Waals surface area contributed by atoms with Crippen molar-refractivity contribution in [3.05, 3.63) is 17.3 Å². The maximum atomic E-state index is 5.93. The van der Waals surface area contributed by atoms with Crippen LogP contribution in [0.25, 0.3) is 0 Å². The highest BCUT2D eigenvalue weighted by molar-refractivity contribution is 6.30. The van der Waals surface area contributed by atoms with E-state index in [0.717, 1.165) is 30.5 Å². The zero-order chi connectivity index (χ0) is 10.4. The number of nitrogens with one attached hydrogen (secondary N) is 1. The molecule has 2 aliphatic rings. The van der Waals surface area contributed by atoms with E-state index in [9.17, 15) is 0 Å². The van der Waals surface area contributed by atoms with Crippen LogP contribution in [0.5, 0.6) is 0 Å². The Morgan fingerprint density at radius 3 is 3.33 bits per heavy atom. The van der Waals surface area contributed by atoms with E-state index in [1.807, 2.05) is 6.07 Å². The number of rotatable bonds is 0. The van der Waals surface area contributed by atoms with Crippen LogP contribution in [0.2, 0.25) is 5.02 Å². The molecule has 0 radical (unpaired) electrons. The number of anilines is 2. The molecule has 1 aromatic heterocycles. The lowest BCUT2D eigenvalue weighted by atomic mass is 10.0. The quantitative estimate of drug-likeness (QED) is 0.732. The molecule has 3 nitrogen and oxygen atoms in total. The third-order valence-corrected chi connectivity index (χ3v) is 3.70. The van der Waals surface area contributed by atoms with Crippen molar-refractivity contribution in [1.29, 1.82) is 0 Å². The molecule has 2 aliphatic heterocycles. The number of halogens is 1. The van der Waals surface area contributed by atoms with Gasteiger partial charge in [-0.3, -0.25) is 0 Å². The molecule has 2 unspecified atom stereocenters. The monoisotopic (exact) mass is 223 g/mol. The molecule has 0 aliphatic carbocycles. The van der Waals surface area contributed by atoms with E-state index < -0.39 is 0 Å². The summed E-state index contributed by atoms with van der Waals surface area (Å²) in [4.78, 5) is 6.84. The topological polar surface area (TPSA) is 28.2 Å². The highest BCUT2D eigenvalue weighted by Crippen LogP contribution is 2.37. The number of hydrogen-bond donors (Lipinski definition) is 1. The van der Waals surface area contributed by atoms with Gasteiger partial charge in [0.05, 0.1) is 16.8 Å². The summed E-state index contributed by atoms with van der Waals surface area (Å²) in [5.41, 5.74) is 1.08. The first-order chi connectivity index (χ1) is 7.25. The Morgan fingerprint density at radius 1 is 1.60 bits per heavy atom. The lowest BCUT2D eigenvalue weighted by molar-refractivity contribution is 0.521. The fraction of sp³-hybridized carbons (Fsp3) is 0.545. The molecule has 0 spiro atoms. The second kappa shape index (κ2) is 3.27. The molecule has 1 fully saturated rings. The van der Waals surface area contributed by atoms with Gasteiger partial charge in [-0.15, -0.1) is 0 Å². The Balaban J connectivity index is 2.02. The zero-order valence-corrected chi connectivity index (χ0v) is 9.46. The Morgan fingerprint density at radius 2 is 2.47 bits per heavy atom. The van der Waals surface area contributed by atoms with Crippen LogP contribution in [-0.2, 0) is 0 Å². The molecule has 80 valence electrons. The maximum absolute atomic E-state index is 5.93. The van der Waals surface area contributed by atoms with Crippen LogP contribution in [-0.4, -0.2) is 24.1 Å². The standard InChI is InChI=1S/C11H14ClN3/c1-7-2-3-15-10(7)6-13-9-4-8(12)5-14-11(9)15/h4-5,7,10,13H,2-3,6H2,1H3. The Labute approximate surface area is 94.4 Å². The first kappa shape index (κ1) is 9.28. The average Bonchev–Trinajstić information content (AvgIpc) is 2.60. The summed E-state index contributed by atoms with van der Waals surface area (Å²) in [5, 5.41) is 4.12. The van der Waals surface area contributed by atoms with Crippen molar-refractivity contribution in [3.8, 4) is 0 Å². The summed E-state index contributed by atoms with van der Waals surface area (Å²) >= 11 is 5.93. The number of pyridine rings is 1. The minimum absolute atomic E-state index is 0.603. The fourth-order valence-electron chi connectivity index (χ4n) is 2.59.